The van der Waals surface area contributed by atoms with Crippen LogP contribution >= 0.6 is 31.9 Å². The summed E-state index contributed by atoms with van der Waals surface area (Å²) in [6, 6.07) is 5.46. The average molecular weight is 349 g/mol. The third kappa shape index (κ3) is 2.47. The van der Waals surface area contributed by atoms with Gasteiger partial charge in [-0.05, 0) is 40.5 Å². The second-order valence-electron chi connectivity index (χ2n) is 3.82. The summed E-state index contributed by atoms with van der Waals surface area (Å²) in [5.41, 5.74) is 0.636. The zero-order valence-electron chi connectivity index (χ0n) is 8.49. The minimum absolute atomic E-state index is 0.0316. The van der Waals surface area contributed by atoms with Crippen LogP contribution in [0.2, 0.25) is 0 Å². The van der Waals surface area contributed by atoms with Crippen molar-refractivity contribution in [1.82, 2.24) is 4.90 Å². The van der Waals surface area contributed by atoms with Gasteiger partial charge in [0.1, 0.15) is 0 Å². The summed E-state index contributed by atoms with van der Waals surface area (Å²) in [6.45, 7) is 1.06. The molecule has 1 aliphatic rings. The third-order valence-electron chi connectivity index (χ3n) is 2.61. The molecule has 0 radical (unpaired) electrons. The Balaban J connectivity index is 2.21. The molecule has 0 aliphatic carbocycles. The van der Waals surface area contributed by atoms with Gasteiger partial charge in [-0.1, -0.05) is 15.9 Å². The molecule has 1 unspecified atom stereocenters. The quantitative estimate of drug-likeness (QED) is 0.846. The molecule has 1 atom stereocenters. The Bertz CT molecular complexity index is 422. The highest BCUT2D eigenvalue weighted by Crippen LogP contribution is 2.24. The number of benzene rings is 1. The van der Waals surface area contributed by atoms with E-state index >= 15 is 0 Å². The van der Waals surface area contributed by atoms with Crippen LogP contribution in [0.1, 0.15) is 16.8 Å². The van der Waals surface area contributed by atoms with Crippen LogP contribution in [-0.2, 0) is 0 Å². The van der Waals surface area contributed by atoms with E-state index in [2.05, 4.69) is 31.9 Å². The van der Waals surface area contributed by atoms with Crippen molar-refractivity contribution >= 4 is 37.8 Å². The summed E-state index contributed by atoms with van der Waals surface area (Å²) in [5.74, 6) is -0.0316. The van der Waals surface area contributed by atoms with E-state index in [9.17, 15) is 9.90 Å². The molecule has 1 saturated heterocycles. The molecule has 0 saturated carbocycles. The number of nitrogens with zero attached hydrogens (tertiary/aromatic N) is 1. The van der Waals surface area contributed by atoms with Gasteiger partial charge in [-0.3, -0.25) is 4.79 Å². The Kier molecular flexibility index (Phi) is 3.66. The van der Waals surface area contributed by atoms with Gasteiger partial charge in [-0.25, -0.2) is 0 Å². The third-order valence-corrected chi connectivity index (χ3v) is 3.76. The average Bonchev–Trinajstić information content (AvgIpc) is 2.64. The molecule has 1 fully saturated rings. The first-order chi connectivity index (χ1) is 7.58. The van der Waals surface area contributed by atoms with E-state index in [4.69, 9.17) is 0 Å². The number of β-amino-alcohol motifs (C(OH)–C–C–N with tert-alkyl or cyclic N) is 1. The second-order valence-corrected chi connectivity index (χ2v) is 5.59. The van der Waals surface area contributed by atoms with E-state index in [1.807, 2.05) is 12.1 Å². The zero-order chi connectivity index (χ0) is 11.7. The number of carbonyl (C=O) groups is 1. The number of aliphatic hydroxyl groups excluding tert-OH is 1. The summed E-state index contributed by atoms with van der Waals surface area (Å²) < 4.78 is 1.70. The van der Waals surface area contributed by atoms with Crippen LogP contribution < -0.4 is 0 Å². The van der Waals surface area contributed by atoms with Gasteiger partial charge < -0.3 is 10.0 Å². The fourth-order valence-corrected chi connectivity index (χ4v) is 2.98. The highest BCUT2D eigenvalue weighted by molar-refractivity contribution is 9.11. The van der Waals surface area contributed by atoms with E-state index in [0.717, 1.165) is 8.95 Å². The molecular formula is C11H11Br2NO2. The van der Waals surface area contributed by atoms with Crippen LogP contribution in [0.5, 0.6) is 0 Å². The number of likely N-dealkylation sites (tertiary alicyclic amines) is 1. The molecule has 2 rings (SSSR count). The lowest BCUT2D eigenvalue weighted by Crippen LogP contribution is -2.29. The van der Waals surface area contributed by atoms with E-state index in [-0.39, 0.29) is 12.0 Å². The van der Waals surface area contributed by atoms with Gasteiger partial charge in [0.25, 0.3) is 5.91 Å². The van der Waals surface area contributed by atoms with Crippen LogP contribution in [0.3, 0.4) is 0 Å². The van der Waals surface area contributed by atoms with Gasteiger partial charge in [0.15, 0.2) is 0 Å². The van der Waals surface area contributed by atoms with E-state index in [1.54, 1.807) is 11.0 Å². The first-order valence-electron chi connectivity index (χ1n) is 5.00. The zero-order valence-corrected chi connectivity index (χ0v) is 11.7. The highest BCUT2D eigenvalue weighted by atomic mass is 79.9. The molecule has 1 aromatic carbocycles. The number of amides is 1. The molecule has 5 heteroatoms. The second kappa shape index (κ2) is 4.85. The lowest BCUT2D eigenvalue weighted by Gasteiger charge is -2.16. The molecule has 1 amide bonds. The number of halogens is 2. The van der Waals surface area contributed by atoms with Crippen molar-refractivity contribution in [3.8, 4) is 0 Å². The Morgan fingerprint density at radius 1 is 1.44 bits per heavy atom. The minimum atomic E-state index is -0.377. The van der Waals surface area contributed by atoms with Crippen molar-refractivity contribution in [2.75, 3.05) is 13.1 Å². The maximum Gasteiger partial charge on any atom is 0.255 e. The summed E-state index contributed by atoms with van der Waals surface area (Å²) in [6.07, 6.45) is 0.290. The van der Waals surface area contributed by atoms with Gasteiger partial charge in [-0.15, -0.1) is 0 Å². The van der Waals surface area contributed by atoms with Crippen LogP contribution in [0.15, 0.2) is 27.1 Å². The van der Waals surface area contributed by atoms with Gasteiger partial charge in [-0.2, -0.15) is 0 Å². The van der Waals surface area contributed by atoms with Crippen molar-refractivity contribution in [3.63, 3.8) is 0 Å². The van der Waals surface area contributed by atoms with Gasteiger partial charge >= 0.3 is 0 Å². The smallest absolute Gasteiger partial charge is 0.255 e. The Morgan fingerprint density at radius 3 is 2.75 bits per heavy atom. The van der Waals surface area contributed by atoms with Crippen molar-refractivity contribution in [2.45, 2.75) is 12.5 Å². The van der Waals surface area contributed by atoms with Crippen LogP contribution in [-0.4, -0.2) is 35.1 Å². The Labute approximate surface area is 111 Å². The summed E-state index contributed by atoms with van der Waals surface area (Å²) >= 11 is 6.71. The Hall–Kier alpha value is -0.390. The Morgan fingerprint density at radius 2 is 2.19 bits per heavy atom. The molecule has 1 N–H and O–H groups in total. The summed E-state index contributed by atoms with van der Waals surface area (Å²) in [7, 11) is 0. The lowest BCUT2D eigenvalue weighted by atomic mass is 10.2. The van der Waals surface area contributed by atoms with Gasteiger partial charge in [0, 0.05) is 22.0 Å². The normalized spacial score (nSPS) is 20.2. The summed E-state index contributed by atoms with van der Waals surface area (Å²) in [5, 5.41) is 9.40. The van der Waals surface area contributed by atoms with Crippen molar-refractivity contribution in [3.05, 3.63) is 32.7 Å². The predicted molar refractivity (Wildman–Crippen MR) is 68.4 cm³/mol. The fourth-order valence-electron chi connectivity index (χ4n) is 1.76. The largest absolute Gasteiger partial charge is 0.391 e. The molecule has 16 heavy (non-hydrogen) atoms. The molecule has 86 valence electrons. The first kappa shape index (κ1) is 12.1. The van der Waals surface area contributed by atoms with Crippen molar-refractivity contribution < 1.29 is 9.90 Å². The predicted octanol–water partition coefficient (Wildman–Crippen LogP) is 2.42. The van der Waals surface area contributed by atoms with Crippen LogP contribution in [0.4, 0.5) is 0 Å². The molecule has 1 aliphatic heterocycles. The fraction of sp³-hybridized carbons (Fsp3) is 0.364. The number of carbonyl (C=O) groups excluding carboxylic acids is 1. The number of hydrogen-bond donors (Lipinski definition) is 1. The highest BCUT2D eigenvalue weighted by Gasteiger charge is 2.26. The van der Waals surface area contributed by atoms with E-state index in [0.29, 0.717) is 25.1 Å². The van der Waals surface area contributed by atoms with Crippen LogP contribution in [0, 0.1) is 0 Å². The summed E-state index contributed by atoms with van der Waals surface area (Å²) in [4.78, 5) is 13.8. The molecule has 3 nitrogen and oxygen atoms in total. The van der Waals surface area contributed by atoms with Gasteiger partial charge in [0.05, 0.1) is 11.7 Å². The van der Waals surface area contributed by atoms with Crippen molar-refractivity contribution in [2.24, 2.45) is 0 Å². The molecule has 0 aromatic heterocycles. The molecule has 1 aromatic rings. The first-order valence-corrected chi connectivity index (χ1v) is 6.59. The SMILES string of the molecule is O=C(c1ccc(Br)cc1Br)N1CCC(O)C1. The minimum Gasteiger partial charge on any atom is -0.391 e. The van der Waals surface area contributed by atoms with E-state index < -0.39 is 0 Å². The molecule has 1 heterocycles. The number of aliphatic hydroxyl groups is 1. The monoisotopic (exact) mass is 347 g/mol. The number of rotatable bonds is 1. The standard InChI is InChI=1S/C11H11Br2NO2/c12-7-1-2-9(10(13)5-7)11(16)14-4-3-8(15)6-14/h1-2,5,8,15H,3-4,6H2. The maximum atomic E-state index is 12.1. The topological polar surface area (TPSA) is 40.5 Å². The molecular weight excluding hydrogens is 338 g/mol. The molecule has 0 bridgehead atoms. The van der Waals surface area contributed by atoms with Crippen LogP contribution in [0.25, 0.3) is 0 Å². The number of hydrogen-bond acceptors (Lipinski definition) is 2. The maximum absolute atomic E-state index is 12.1. The molecule has 0 spiro atoms. The van der Waals surface area contributed by atoms with Crippen molar-refractivity contribution in [1.29, 1.82) is 0 Å². The lowest BCUT2D eigenvalue weighted by molar-refractivity contribution is 0.0764. The van der Waals surface area contributed by atoms with E-state index in [1.165, 1.54) is 0 Å². The van der Waals surface area contributed by atoms with Gasteiger partial charge in [0.2, 0.25) is 0 Å².